The average molecular weight is 226 g/mol. The third-order valence-corrected chi connectivity index (χ3v) is 4.26. The van der Waals surface area contributed by atoms with Crippen LogP contribution in [0.3, 0.4) is 0 Å². The van der Waals surface area contributed by atoms with Crippen LogP contribution in [0.25, 0.3) is 0 Å². The van der Waals surface area contributed by atoms with Crippen LogP contribution in [0.4, 0.5) is 0 Å². The van der Waals surface area contributed by atoms with Gasteiger partial charge in [-0.05, 0) is 51.7 Å². The van der Waals surface area contributed by atoms with Gasteiger partial charge in [-0.2, -0.15) is 0 Å². The summed E-state index contributed by atoms with van der Waals surface area (Å²) >= 11 is 0. The van der Waals surface area contributed by atoms with E-state index in [0.717, 1.165) is 18.0 Å². The Labute approximate surface area is 102 Å². The van der Waals surface area contributed by atoms with Crippen LogP contribution in [0.5, 0.6) is 0 Å². The highest BCUT2D eigenvalue weighted by molar-refractivity contribution is 4.81. The molecule has 2 nitrogen and oxygen atoms in total. The van der Waals surface area contributed by atoms with Gasteiger partial charge in [-0.1, -0.05) is 27.2 Å². The first-order chi connectivity index (χ1) is 7.69. The highest BCUT2D eigenvalue weighted by Crippen LogP contribution is 2.19. The molecule has 1 heterocycles. The van der Waals surface area contributed by atoms with Gasteiger partial charge in [0.2, 0.25) is 0 Å². The first-order valence-electron chi connectivity index (χ1n) is 7.16. The topological polar surface area (TPSA) is 15.3 Å². The van der Waals surface area contributed by atoms with Gasteiger partial charge in [0.25, 0.3) is 0 Å². The second kappa shape index (κ2) is 7.29. The normalized spacial score (nSPS) is 23.2. The molecule has 0 radical (unpaired) electrons. The molecule has 2 heteroatoms. The third-order valence-electron chi connectivity index (χ3n) is 4.26. The van der Waals surface area contributed by atoms with Crippen LogP contribution in [-0.2, 0) is 0 Å². The Bertz CT molecular complexity index is 174. The number of nitrogens with zero attached hydrogens (tertiary/aromatic N) is 1. The van der Waals surface area contributed by atoms with Gasteiger partial charge >= 0.3 is 0 Å². The molecule has 0 aromatic carbocycles. The van der Waals surface area contributed by atoms with E-state index in [-0.39, 0.29) is 0 Å². The standard InChI is InChI=1S/C14H30N2/c1-5-9-15-14-7-10-16(11-8-14)13(4)12(3)6-2/h12-15H,5-11H2,1-4H3. The van der Waals surface area contributed by atoms with Gasteiger partial charge in [0.1, 0.15) is 0 Å². The molecule has 1 aliphatic rings. The van der Waals surface area contributed by atoms with E-state index < -0.39 is 0 Å². The summed E-state index contributed by atoms with van der Waals surface area (Å²) in [6.07, 6.45) is 5.22. The molecule has 2 unspecified atom stereocenters. The van der Waals surface area contributed by atoms with E-state index in [2.05, 4.69) is 37.9 Å². The number of rotatable bonds is 6. The molecule has 0 aromatic rings. The zero-order valence-electron chi connectivity index (χ0n) is 11.6. The van der Waals surface area contributed by atoms with Crippen molar-refractivity contribution in [3.8, 4) is 0 Å². The van der Waals surface area contributed by atoms with Crippen molar-refractivity contribution in [2.45, 2.75) is 65.5 Å². The van der Waals surface area contributed by atoms with Crippen LogP contribution in [0.1, 0.15) is 53.4 Å². The molecule has 0 bridgehead atoms. The first-order valence-corrected chi connectivity index (χ1v) is 7.16. The van der Waals surface area contributed by atoms with Gasteiger partial charge in [0.15, 0.2) is 0 Å². The Morgan fingerprint density at radius 1 is 1.19 bits per heavy atom. The van der Waals surface area contributed by atoms with Gasteiger partial charge in [-0.3, -0.25) is 0 Å². The van der Waals surface area contributed by atoms with Crippen LogP contribution < -0.4 is 5.32 Å². The van der Waals surface area contributed by atoms with E-state index in [0.29, 0.717) is 0 Å². The Kier molecular flexibility index (Phi) is 6.37. The Morgan fingerprint density at radius 2 is 1.81 bits per heavy atom. The molecule has 1 rings (SSSR count). The van der Waals surface area contributed by atoms with Gasteiger partial charge in [0.05, 0.1) is 0 Å². The molecule has 0 amide bonds. The second-order valence-electron chi connectivity index (χ2n) is 5.39. The maximum atomic E-state index is 3.65. The Balaban J connectivity index is 2.25. The molecule has 16 heavy (non-hydrogen) atoms. The number of hydrogen-bond donors (Lipinski definition) is 1. The highest BCUT2D eigenvalue weighted by Gasteiger charge is 2.24. The highest BCUT2D eigenvalue weighted by atomic mass is 15.2. The molecule has 2 atom stereocenters. The first kappa shape index (κ1) is 14.0. The summed E-state index contributed by atoms with van der Waals surface area (Å²) in [5, 5.41) is 3.65. The minimum atomic E-state index is 0.761. The average Bonchev–Trinajstić information content (AvgIpc) is 2.35. The lowest BCUT2D eigenvalue weighted by Gasteiger charge is -2.38. The predicted molar refractivity (Wildman–Crippen MR) is 71.8 cm³/mol. The van der Waals surface area contributed by atoms with Crippen molar-refractivity contribution in [1.82, 2.24) is 10.2 Å². The van der Waals surface area contributed by atoms with Crippen LogP contribution >= 0.6 is 0 Å². The lowest BCUT2D eigenvalue weighted by Crippen LogP contribution is -2.47. The molecule has 96 valence electrons. The minimum absolute atomic E-state index is 0.761. The zero-order chi connectivity index (χ0) is 12.0. The smallest absolute Gasteiger partial charge is 0.00924 e. The second-order valence-corrected chi connectivity index (χ2v) is 5.39. The molecule has 0 aliphatic carbocycles. The lowest BCUT2D eigenvalue weighted by atomic mass is 9.95. The van der Waals surface area contributed by atoms with Crippen LogP contribution in [0.15, 0.2) is 0 Å². The molecule has 1 saturated heterocycles. The van der Waals surface area contributed by atoms with E-state index in [1.54, 1.807) is 0 Å². The van der Waals surface area contributed by atoms with Crippen LogP contribution in [0.2, 0.25) is 0 Å². The van der Waals surface area contributed by atoms with Crippen molar-refractivity contribution in [3.63, 3.8) is 0 Å². The lowest BCUT2D eigenvalue weighted by molar-refractivity contribution is 0.117. The monoisotopic (exact) mass is 226 g/mol. The van der Waals surface area contributed by atoms with Crippen molar-refractivity contribution >= 4 is 0 Å². The minimum Gasteiger partial charge on any atom is -0.314 e. The molecule has 0 aromatic heterocycles. The fourth-order valence-corrected chi connectivity index (χ4v) is 2.56. The summed E-state index contributed by atoms with van der Waals surface area (Å²) in [6, 6.07) is 1.54. The van der Waals surface area contributed by atoms with Crippen LogP contribution in [0, 0.1) is 5.92 Å². The number of likely N-dealkylation sites (tertiary alicyclic amines) is 1. The fraction of sp³-hybridized carbons (Fsp3) is 1.00. The van der Waals surface area contributed by atoms with E-state index in [1.807, 2.05) is 0 Å². The molecule has 0 saturated carbocycles. The van der Waals surface area contributed by atoms with E-state index in [1.165, 1.54) is 45.3 Å². The van der Waals surface area contributed by atoms with Gasteiger partial charge in [-0.25, -0.2) is 0 Å². The maximum absolute atomic E-state index is 3.65. The molecule has 1 N–H and O–H groups in total. The summed E-state index contributed by atoms with van der Waals surface area (Å²) in [4.78, 5) is 2.68. The van der Waals surface area contributed by atoms with Gasteiger partial charge in [-0.15, -0.1) is 0 Å². The molecule has 1 fully saturated rings. The van der Waals surface area contributed by atoms with Crippen molar-refractivity contribution < 1.29 is 0 Å². The van der Waals surface area contributed by atoms with Gasteiger partial charge in [0, 0.05) is 12.1 Å². The van der Waals surface area contributed by atoms with Crippen LogP contribution in [-0.4, -0.2) is 36.6 Å². The van der Waals surface area contributed by atoms with Crippen molar-refractivity contribution in [1.29, 1.82) is 0 Å². The van der Waals surface area contributed by atoms with E-state index in [9.17, 15) is 0 Å². The summed E-state index contributed by atoms with van der Waals surface area (Å²) in [5.41, 5.74) is 0. The summed E-state index contributed by atoms with van der Waals surface area (Å²) in [5.74, 6) is 0.833. The van der Waals surface area contributed by atoms with E-state index >= 15 is 0 Å². The number of hydrogen-bond acceptors (Lipinski definition) is 2. The zero-order valence-corrected chi connectivity index (χ0v) is 11.6. The van der Waals surface area contributed by atoms with Gasteiger partial charge < -0.3 is 10.2 Å². The summed E-state index contributed by atoms with van der Waals surface area (Å²) in [6.45, 7) is 13.1. The fourth-order valence-electron chi connectivity index (χ4n) is 2.56. The van der Waals surface area contributed by atoms with Crippen molar-refractivity contribution in [2.24, 2.45) is 5.92 Å². The maximum Gasteiger partial charge on any atom is 0.00924 e. The molecule has 0 spiro atoms. The predicted octanol–water partition coefficient (Wildman–Crippen LogP) is 2.89. The van der Waals surface area contributed by atoms with Crippen molar-refractivity contribution in [3.05, 3.63) is 0 Å². The number of nitrogens with one attached hydrogen (secondary N) is 1. The Hall–Kier alpha value is -0.0800. The molecular weight excluding hydrogens is 196 g/mol. The van der Waals surface area contributed by atoms with Crippen molar-refractivity contribution in [2.75, 3.05) is 19.6 Å². The molecular formula is C14H30N2. The third kappa shape index (κ3) is 4.06. The largest absolute Gasteiger partial charge is 0.314 e. The quantitative estimate of drug-likeness (QED) is 0.749. The molecule has 1 aliphatic heterocycles. The number of piperidine rings is 1. The summed E-state index contributed by atoms with van der Waals surface area (Å²) in [7, 11) is 0. The van der Waals surface area contributed by atoms with E-state index in [4.69, 9.17) is 0 Å². The SMILES string of the molecule is CCCNC1CCN(C(C)C(C)CC)CC1. The Morgan fingerprint density at radius 3 is 2.31 bits per heavy atom. The summed E-state index contributed by atoms with van der Waals surface area (Å²) < 4.78 is 0.